The highest BCUT2D eigenvalue weighted by Crippen LogP contribution is 2.18. The molecule has 2 rings (SSSR count). The Morgan fingerprint density at radius 2 is 2.05 bits per heavy atom. The molecule has 0 aromatic carbocycles. The van der Waals surface area contributed by atoms with Gasteiger partial charge in [0.05, 0.1) is 0 Å². The minimum atomic E-state index is 0.344. The van der Waals surface area contributed by atoms with Gasteiger partial charge < -0.3 is 10.6 Å². The molecule has 2 heterocycles. The molecule has 4 nitrogen and oxygen atoms in total. The fraction of sp³-hybridized carbons (Fsp3) is 0.500. The third kappa shape index (κ3) is 5.01. The fourth-order valence-electron chi connectivity index (χ4n) is 2.16. The van der Waals surface area contributed by atoms with Crippen molar-refractivity contribution in [2.24, 2.45) is 0 Å². The van der Waals surface area contributed by atoms with Gasteiger partial charge in [0.15, 0.2) is 0 Å². The highest BCUT2D eigenvalue weighted by atomic mass is 32.1. The van der Waals surface area contributed by atoms with Gasteiger partial charge in [-0.1, -0.05) is 6.92 Å². The molecule has 0 bridgehead atoms. The fourth-order valence-corrected chi connectivity index (χ4v) is 3.18. The van der Waals surface area contributed by atoms with Crippen LogP contribution in [0.2, 0.25) is 0 Å². The lowest BCUT2D eigenvalue weighted by Crippen LogP contribution is -2.19. The lowest BCUT2D eigenvalue weighted by Gasteiger charge is -2.15. The Hall–Kier alpha value is -1.62. The van der Waals surface area contributed by atoms with Crippen LogP contribution in [0.25, 0.3) is 0 Å². The zero-order chi connectivity index (χ0) is 15.2. The number of anilines is 2. The molecule has 0 amide bonds. The molecule has 1 atom stereocenters. The first kappa shape index (κ1) is 15.8. The van der Waals surface area contributed by atoms with Gasteiger partial charge in [-0.2, -0.15) is 4.98 Å². The lowest BCUT2D eigenvalue weighted by molar-refractivity contribution is 0.792. The average Bonchev–Trinajstić information content (AvgIpc) is 2.80. The normalized spacial score (nSPS) is 12.2. The van der Waals surface area contributed by atoms with Crippen molar-refractivity contribution < 1.29 is 0 Å². The number of aryl methyl sites for hydroxylation is 2. The van der Waals surface area contributed by atoms with Crippen LogP contribution in [-0.2, 0) is 6.42 Å². The molecule has 0 fully saturated rings. The van der Waals surface area contributed by atoms with Gasteiger partial charge in [-0.15, -0.1) is 11.3 Å². The summed E-state index contributed by atoms with van der Waals surface area (Å²) in [7, 11) is 0. The molecule has 2 aromatic rings. The van der Waals surface area contributed by atoms with Crippen LogP contribution in [0.4, 0.5) is 11.8 Å². The maximum atomic E-state index is 4.53. The molecule has 0 spiro atoms. The number of aromatic nitrogens is 2. The first-order valence-corrected chi connectivity index (χ1v) is 8.30. The van der Waals surface area contributed by atoms with Crippen molar-refractivity contribution >= 4 is 23.1 Å². The maximum absolute atomic E-state index is 4.53. The zero-order valence-electron chi connectivity index (χ0n) is 13.2. The van der Waals surface area contributed by atoms with Crippen LogP contribution < -0.4 is 10.6 Å². The number of thiophene rings is 1. The van der Waals surface area contributed by atoms with E-state index >= 15 is 0 Å². The summed E-state index contributed by atoms with van der Waals surface area (Å²) in [5, 5.41) is 6.71. The molecule has 0 aliphatic heterocycles. The zero-order valence-corrected chi connectivity index (χ0v) is 14.0. The highest BCUT2D eigenvalue weighted by molar-refractivity contribution is 7.11. The van der Waals surface area contributed by atoms with Crippen molar-refractivity contribution in [1.82, 2.24) is 9.97 Å². The van der Waals surface area contributed by atoms with Crippen LogP contribution in [-0.4, -0.2) is 22.6 Å². The molecular formula is C16H24N4S. The molecule has 2 N–H and O–H groups in total. The summed E-state index contributed by atoms with van der Waals surface area (Å²) in [6.07, 6.45) is 2.08. The van der Waals surface area contributed by atoms with Crippen molar-refractivity contribution in [3.05, 3.63) is 33.6 Å². The Kier molecular flexibility index (Phi) is 5.56. The molecule has 114 valence electrons. The van der Waals surface area contributed by atoms with E-state index in [0.29, 0.717) is 12.0 Å². The highest BCUT2D eigenvalue weighted by Gasteiger charge is 2.08. The Labute approximate surface area is 131 Å². The second kappa shape index (κ2) is 7.41. The van der Waals surface area contributed by atoms with Crippen LogP contribution in [0.1, 0.15) is 35.7 Å². The molecule has 2 aromatic heterocycles. The van der Waals surface area contributed by atoms with E-state index in [-0.39, 0.29) is 0 Å². The predicted octanol–water partition coefficient (Wildman–Crippen LogP) is 4.02. The molecule has 5 heteroatoms. The molecule has 0 aliphatic carbocycles. The van der Waals surface area contributed by atoms with Crippen LogP contribution in [0.5, 0.6) is 0 Å². The summed E-state index contributed by atoms with van der Waals surface area (Å²) in [5.74, 6) is 1.60. The Balaban J connectivity index is 1.99. The summed E-state index contributed by atoms with van der Waals surface area (Å²) in [6, 6.07) is 6.72. The second-order valence-electron chi connectivity index (χ2n) is 5.41. The topological polar surface area (TPSA) is 49.8 Å². The van der Waals surface area contributed by atoms with Crippen LogP contribution in [0, 0.1) is 13.8 Å². The second-order valence-corrected chi connectivity index (χ2v) is 6.78. The van der Waals surface area contributed by atoms with Crippen molar-refractivity contribution in [2.75, 3.05) is 17.2 Å². The molecular weight excluding hydrogens is 280 g/mol. The first-order chi connectivity index (χ1) is 10.1. The summed E-state index contributed by atoms with van der Waals surface area (Å²) >= 11 is 1.86. The van der Waals surface area contributed by atoms with Gasteiger partial charge in [0.2, 0.25) is 5.95 Å². The summed E-state index contributed by atoms with van der Waals surface area (Å²) in [5.41, 5.74) is 0.977. The number of hydrogen-bond acceptors (Lipinski definition) is 5. The quantitative estimate of drug-likeness (QED) is 0.811. The van der Waals surface area contributed by atoms with Crippen molar-refractivity contribution in [1.29, 1.82) is 0 Å². The van der Waals surface area contributed by atoms with E-state index in [0.717, 1.165) is 30.9 Å². The molecule has 0 saturated heterocycles. The van der Waals surface area contributed by atoms with Gasteiger partial charge in [-0.3, -0.25) is 0 Å². The van der Waals surface area contributed by atoms with Gasteiger partial charge in [0.25, 0.3) is 0 Å². The summed E-state index contributed by atoms with van der Waals surface area (Å²) in [6.45, 7) is 9.36. The average molecular weight is 304 g/mol. The smallest absolute Gasteiger partial charge is 0.224 e. The Bertz CT molecular complexity index is 579. The van der Waals surface area contributed by atoms with E-state index < -0.39 is 0 Å². The third-order valence-electron chi connectivity index (χ3n) is 3.08. The van der Waals surface area contributed by atoms with Crippen molar-refractivity contribution in [2.45, 2.75) is 46.6 Å². The van der Waals surface area contributed by atoms with E-state index in [1.165, 1.54) is 9.75 Å². The SMILES string of the molecule is CCCNc1nc(C)cc(NC(C)Cc2ccc(C)s2)n1. The Morgan fingerprint density at radius 3 is 2.71 bits per heavy atom. The standard InChI is InChI=1S/C16H24N4S/c1-5-8-17-16-19-12(3)10-15(20-16)18-11(2)9-14-7-6-13(4)21-14/h6-7,10-11H,5,8-9H2,1-4H3,(H2,17,18,19,20). The van der Waals surface area contributed by atoms with E-state index in [1.54, 1.807) is 0 Å². The van der Waals surface area contributed by atoms with E-state index in [9.17, 15) is 0 Å². The first-order valence-electron chi connectivity index (χ1n) is 7.48. The molecule has 21 heavy (non-hydrogen) atoms. The van der Waals surface area contributed by atoms with Gasteiger partial charge in [0.1, 0.15) is 5.82 Å². The summed E-state index contributed by atoms with van der Waals surface area (Å²) in [4.78, 5) is 11.7. The van der Waals surface area contributed by atoms with E-state index in [2.05, 4.69) is 53.5 Å². The number of hydrogen-bond donors (Lipinski definition) is 2. The van der Waals surface area contributed by atoms with Crippen LogP contribution in [0.15, 0.2) is 18.2 Å². The number of nitrogens with one attached hydrogen (secondary N) is 2. The minimum Gasteiger partial charge on any atom is -0.367 e. The van der Waals surface area contributed by atoms with Crippen LogP contribution in [0.3, 0.4) is 0 Å². The molecule has 0 radical (unpaired) electrons. The Morgan fingerprint density at radius 1 is 1.24 bits per heavy atom. The van der Waals surface area contributed by atoms with Crippen molar-refractivity contribution in [3.63, 3.8) is 0 Å². The minimum absolute atomic E-state index is 0.344. The largest absolute Gasteiger partial charge is 0.367 e. The summed E-state index contributed by atoms with van der Waals surface area (Å²) < 4.78 is 0. The molecule has 0 saturated carbocycles. The van der Waals surface area contributed by atoms with Gasteiger partial charge >= 0.3 is 0 Å². The van der Waals surface area contributed by atoms with Crippen LogP contribution >= 0.6 is 11.3 Å². The maximum Gasteiger partial charge on any atom is 0.224 e. The molecule has 1 unspecified atom stereocenters. The number of nitrogens with zero attached hydrogens (tertiary/aromatic N) is 2. The van der Waals surface area contributed by atoms with Crippen molar-refractivity contribution in [3.8, 4) is 0 Å². The predicted molar refractivity (Wildman–Crippen MR) is 91.4 cm³/mol. The number of rotatable bonds is 7. The van der Waals surface area contributed by atoms with E-state index in [1.807, 2.05) is 24.3 Å². The third-order valence-corrected chi connectivity index (χ3v) is 4.11. The van der Waals surface area contributed by atoms with Gasteiger partial charge in [-0.05, 0) is 39.3 Å². The van der Waals surface area contributed by atoms with Gasteiger partial charge in [0, 0.05) is 40.5 Å². The van der Waals surface area contributed by atoms with Gasteiger partial charge in [-0.25, -0.2) is 4.98 Å². The molecule has 0 aliphatic rings. The van der Waals surface area contributed by atoms with E-state index in [4.69, 9.17) is 0 Å². The lowest BCUT2D eigenvalue weighted by atomic mass is 10.2. The monoisotopic (exact) mass is 304 g/mol.